The Morgan fingerprint density at radius 1 is 1.12 bits per heavy atom. The van der Waals surface area contributed by atoms with Gasteiger partial charge in [-0.3, -0.25) is 4.79 Å². The minimum atomic E-state index is -0.263. The summed E-state index contributed by atoms with van der Waals surface area (Å²) in [6.07, 6.45) is 1.43. The third-order valence-corrected chi connectivity index (χ3v) is 3.28. The van der Waals surface area contributed by atoms with Gasteiger partial charge in [-0.05, 0) is 29.5 Å². The van der Waals surface area contributed by atoms with Gasteiger partial charge in [-0.15, -0.1) is 10.2 Å². The molecule has 1 aromatic heterocycles. The number of aromatic amines is 1. The van der Waals surface area contributed by atoms with Crippen molar-refractivity contribution >= 4 is 22.9 Å². The van der Waals surface area contributed by atoms with Crippen LogP contribution in [0.15, 0.2) is 60.8 Å². The van der Waals surface area contributed by atoms with E-state index in [1.807, 2.05) is 24.3 Å². The van der Waals surface area contributed by atoms with Crippen molar-refractivity contribution in [1.29, 1.82) is 5.26 Å². The lowest BCUT2D eigenvalue weighted by Crippen LogP contribution is -2.13. The minimum Gasteiger partial charge on any atom is -0.360 e. The summed E-state index contributed by atoms with van der Waals surface area (Å²) >= 11 is 0. The lowest BCUT2D eigenvalue weighted by atomic mass is 10.1. The summed E-state index contributed by atoms with van der Waals surface area (Å²) in [4.78, 5) is 12.5. The summed E-state index contributed by atoms with van der Waals surface area (Å²) in [5.41, 5.74) is 1.87. The number of benzene rings is 2. The number of nitriles is 1. The van der Waals surface area contributed by atoms with E-state index in [2.05, 4.69) is 31.3 Å². The molecule has 3 rings (SSSR count). The first-order valence-electron chi connectivity index (χ1n) is 7.34. The molecule has 0 bridgehead atoms. The molecule has 8 nitrogen and oxygen atoms in total. The molecule has 3 N–H and O–H groups in total. The molecule has 0 aliphatic heterocycles. The first-order valence-corrected chi connectivity index (χ1v) is 7.34. The number of anilines is 2. The number of hydrogen-bond donors (Lipinski definition) is 3. The van der Waals surface area contributed by atoms with E-state index in [1.54, 1.807) is 36.4 Å². The summed E-state index contributed by atoms with van der Waals surface area (Å²) in [5.74, 6) is -0.0954. The highest BCUT2D eigenvalue weighted by molar-refractivity contribution is 6.08. The molecule has 0 unspecified atom stereocenters. The molecule has 0 aliphatic carbocycles. The number of aromatic nitrogens is 4. The number of amides is 1. The number of nitrogens with zero attached hydrogens (tertiary/aromatic N) is 4. The third kappa shape index (κ3) is 3.86. The van der Waals surface area contributed by atoms with Crippen molar-refractivity contribution < 1.29 is 4.79 Å². The van der Waals surface area contributed by atoms with Gasteiger partial charge in [0.15, 0.2) is 0 Å². The molecule has 0 saturated carbocycles. The van der Waals surface area contributed by atoms with E-state index in [0.29, 0.717) is 16.9 Å². The van der Waals surface area contributed by atoms with Crippen molar-refractivity contribution in [3.05, 3.63) is 72.2 Å². The molecule has 1 heterocycles. The van der Waals surface area contributed by atoms with Gasteiger partial charge in [0, 0.05) is 11.9 Å². The van der Waals surface area contributed by atoms with Gasteiger partial charge in [0.05, 0.1) is 11.3 Å². The molecule has 25 heavy (non-hydrogen) atoms. The smallest absolute Gasteiger partial charge is 0.257 e. The lowest BCUT2D eigenvalue weighted by Gasteiger charge is -2.10. The molecule has 2 aromatic carbocycles. The monoisotopic (exact) mass is 331 g/mol. The van der Waals surface area contributed by atoms with E-state index in [9.17, 15) is 10.1 Å². The van der Waals surface area contributed by atoms with Crippen LogP contribution in [0.5, 0.6) is 0 Å². The van der Waals surface area contributed by atoms with E-state index < -0.39 is 0 Å². The second-order valence-electron chi connectivity index (χ2n) is 4.92. The van der Waals surface area contributed by atoms with Crippen LogP contribution in [0, 0.1) is 11.3 Å². The second-order valence-corrected chi connectivity index (χ2v) is 4.92. The SMILES string of the molecule is N#CC(=CNc1ccccc1C(=O)Nc1ccccc1)c1nn[nH]n1. The molecular weight excluding hydrogens is 318 g/mol. The van der Waals surface area contributed by atoms with Crippen molar-refractivity contribution in [3.8, 4) is 6.07 Å². The zero-order valence-electron chi connectivity index (χ0n) is 13.0. The van der Waals surface area contributed by atoms with Crippen molar-refractivity contribution in [1.82, 2.24) is 20.6 Å². The Hall–Kier alpha value is -3.99. The number of nitrogens with one attached hydrogen (secondary N) is 3. The Labute approximate surface area is 143 Å². The normalized spacial score (nSPS) is 10.8. The summed E-state index contributed by atoms with van der Waals surface area (Å²) in [7, 11) is 0. The number of carbonyl (C=O) groups excluding carboxylic acids is 1. The summed E-state index contributed by atoms with van der Waals surface area (Å²) < 4.78 is 0. The highest BCUT2D eigenvalue weighted by atomic mass is 16.1. The van der Waals surface area contributed by atoms with Gasteiger partial charge >= 0.3 is 0 Å². The molecule has 0 spiro atoms. The van der Waals surface area contributed by atoms with Crippen LogP contribution in [0.2, 0.25) is 0 Å². The van der Waals surface area contributed by atoms with Gasteiger partial charge in [0.25, 0.3) is 5.91 Å². The van der Waals surface area contributed by atoms with E-state index >= 15 is 0 Å². The fourth-order valence-electron chi connectivity index (χ4n) is 2.10. The van der Waals surface area contributed by atoms with Gasteiger partial charge in [-0.25, -0.2) is 0 Å². The molecule has 0 atom stereocenters. The Balaban J connectivity index is 1.81. The zero-order valence-corrected chi connectivity index (χ0v) is 13.0. The third-order valence-electron chi connectivity index (χ3n) is 3.28. The van der Waals surface area contributed by atoms with Crippen LogP contribution in [-0.4, -0.2) is 26.5 Å². The predicted octanol–water partition coefficient (Wildman–Crippen LogP) is 2.43. The molecule has 8 heteroatoms. The number of H-pyrrole nitrogens is 1. The molecule has 0 fully saturated rings. The van der Waals surface area contributed by atoms with E-state index in [-0.39, 0.29) is 17.3 Å². The lowest BCUT2D eigenvalue weighted by molar-refractivity contribution is 0.102. The average molecular weight is 331 g/mol. The number of carbonyl (C=O) groups is 1. The van der Waals surface area contributed by atoms with Gasteiger partial charge in [-0.2, -0.15) is 10.5 Å². The largest absolute Gasteiger partial charge is 0.360 e. The molecule has 0 saturated heterocycles. The maximum atomic E-state index is 12.5. The standard InChI is InChI=1S/C17H13N7O/c18-10-12(16-21-23-24-22-16)11-19-15-9-5-4-8-14(15)17(25)20-13-6-2-1-3-7-13/h1-9,11,19H,(H,20,25)(H,21,22,23,24). The van der Waals surface area contributed by atoms with Gasteiger partial charge in [0.1, 0.15) is 11.6 Å². The first kappa shape index (κ1) is 15.9. The first-order chi connectivity index (χ1) is 12.3. The number of allylic oxidation sites excluding steroid dienone is 1. The van der Waals surface area contributed by atoms with Crippen LogP contribution in [0.1, 0.15) is 16.2 Å². The maximum Gasteiger partial charge on any atom is 0.257 e. The summed E-state index contributed by atoms with van der Waals surface area (Å²) in [6, 6.07) is 18.1. The maximum absolute atomic E-state index is 12.5. The van der Waals surface area contributed by atoms with Crippen molar-refractivity contribution in [2.24, 2.45) is 0 Å². The average Bonchev–Trinajstić information content (AvgIpc) is 3.18. The van der Waals surface area contributed by atoms with Crippen LogP contribution in [0.3, 0.4) is 0 Å². The van der Waals surface area contributed by atoms with Gasteiger partial charge in [-0.1, -0.05) is 30.3 Å². The fourth-order valence-corrected chi connectivity index (χ4v) is 2.10. The molecule has 1 amide bonds. The van der Waals surface area contributed by atoms with Crippen molar-refractivity contribution in [2.75, 3.05) is 10.6 Å². The van der Waals surface area contributed by atoms with E-state index in [1.165, 1.54) is 6.20 Å². The Morgan fingerprint density at radius 3 is 2.60 bits per heavy atom. The van der Waals surface area contributed by atoms with Gasteiger partial charge < -0.3 is 10.6 Å². The number of para-hydroxylation sites is 2. The summed E-state index contributed by atoms with van der Waals surface area (Å²) in [5, 5.41) is 28.2. The predicted molar refractivity (Wildman–Crippen MR) is 92.2 cm³/mol. The highest BCUT2D eigenvalue weighted by Gasteiger charge is 2.11. The number of rotatable bonds is 5. The number of tetrazole rings is 1. The molecule has 3 aromatic rings. The van der Waals surface area contributed by atoms with Crippen molar-refractivity contribution in [3.63, 3.8) is 0 Å². The molecule has 0 radical (unpaired) electrons. The topological polar surface area (TPSA) is 119 Å². The second kappa shape index (κ2) is 7.52. The van der Waals surface area contributed by atoms with Crippen LogP contribution < -0.4 is 10.6 Å². The van der Waals surface area contributed by atoms with Crippen molar-refractivity contribution in [2.45, 2.75) is 0 Å². The minimum absolute atomic E-state index is 0.168. The Bertz CT molecular complexity index is 927. The Morgan fingerprint density at radius 2 is 1.88 bits per heavy atom. The highest BCUT2D eigenvalue weighted by Crippen LogP contribution is 2.18. The van der Waals surface area contributed by atoms with Gasteiger partial charge in [0.2, 0.25) is 5.82 Å². The quantitative estimate of drug-likeness (QED) is 0.618. The van der Waals surface area contributed by atoms with Crippen LogP contribution >= 0.6 is 0 Å². The van der Waals surface area contributed by atoms with E-state index in [0.717, 1.165) is 0 Å². The Kier molecular flexibility index (Phi) is 4.78. The molecular formula is C17H13N7O. The van der Waals surface area contributed by atoms with E-state index in [4.69, 9.17) is 0 Å². The summed E-state index contributed by atoms with van der Waals surface area (Å²) in [6.45, 7) is 0. The van der Waals surface area contributed by atoms with Crippen LogP contribution in [0.25, 0.3) is 5.57 Å². The fraction of sp³-hybridized carbons (Fsp3) is 0. The van der Waals surface area contributed by atoms with Crippen LogP contribution in [0.4, 0.5) is 11.4 Å². The zero-order chi connectivity index (χ0) is 17.5. The number of hydrogen-bond acceptors (Lipinski definition) is 6. The molecule has 122 valence electrons. The molecule has 0 aliphatic rings. The van der Waals surface area contributed by atoms with Crippen LogP contribution in [-0.2, 0) is 0 Å².